The second kappa shape index (κ2) is 4.14. The fraction of sp³-hybridized carbons (Fsp3) is 0.250. The molecule has 1 heterocycles. The lowest BCUT2D eigenvalue weighted by Crippen LogP contribution is -2.39. The number of imide groups is 1. The summed E-state index contributed by atoms with van der Waals surface area (Å²) in [5.41, 5.74) is 6.54. The van der Waals surface area contributed by atoms with Gasteiger partial charge in [-0.2, -0.15) is 0 Å². The molecule has 2 N–H and O–H groups in total. The van der Waals surface area contributed by atoms with Gasteiger partial charge in [0.1, 0.15) is 6.54 Å². The molecule has 0 radical (unpaired) electrons. The number of nitrogen functional groups attached to an aromatic ring is 1. The molecule has 0 saturated carbocycles. The Morgan fingerprint density at radius 1 is 1.22 bits per heavy atom. The zero-order chi connectivity index (χ0) is 13.4. The predicted octanol–water partition coefficient (Wildman–Crippen LogP) is -0.0470. The van der Waals surface area contributed by atoms with Crippen molar-refractivity contribution in [1.29, 1.82) is 0 Å². The van der Waals surface area contributed by atoms with Gasteiger partial charge < -0.3 is 10.6 Å². The van der Waals surface area contributed by atoms with Gasteiger partial charge in [0.15, 0.2) is 0 Å². The molecule has 94 valence electrons. The summed E-state index contributed by atoms with van der Waals surface area (Å²) >= 11 is 0. The quantitative estimate of drug-likeness (QED) is 0.586. The molecule has 0 fully saturated rings. The molecule has 6 heteroatoms. The molecule has 0 aliphatic carbocycles. The summed E-state index contributed by atoms with van der Waals surface area (Å²) in [6.07, 6.45) is 0. The summed E-state index contributed by atoms with van der Waals surface area (Å²) in [5, 5.41) is 0. The minimum absolute atomic E-state index is 0.251. The molecule has 0 saturated heterocycles. The van der Waals surface area contributed by atoms with E-state index in [1.807, 2.05) is 0 Å². The zero-order valence-electron chi connectivity index (χ0n) is 10.1. The Bertz CT molecular complexity index is 551. The van der Waals surface area contributed by atoms with Crippen LogP contribution >= 0.6 is 0 Å². The molecule has 1 aliphatic heterocycles. The summed E-state index contributed by atoms with van der Waals surface area (Å²) in [6.45, 7) is -0.251. The SMILES string of the molecule is CN(C)C(=O)CN1C(=O)c2ccc(N)cc2C1=O. The number of carbonyl (C=O) groups is 3. The standard InChI is InChI=1S/C12H13N3O3/c1-14(2)10(16)6-15-11(17)8-4-3-7(13)5-9(8)12(15)18/h3-5H,6,13H2,1-2H3. The molecule has 6 nitrogen and oxygen atoms in total. The Morgan fingerprint density at radius 2 is 1.83 bits per heavy atom. The van der Waals surface area contributed by atoms with Crippen LogP contribution in [0.1, 0.15) is 20.7 Å². The van der Waals surface area contributed by atoms with E-state index in [-0.39, 0.29) is 18.0 Å². The number of benzene rings is 1. The van der Waals surface area contributed by atoms with Gasteiger partial charge in [-0.25, -0.2) is 0 Å². The fourth-order valence-electron chi connectivity index (χ4n) is 1.73. The number of fused-ring (bicyclic) bond motifs is 1. The Labute approximate surface area is 104 Å². The Kier molecular flexibility index (Phi) is 2.78. The van der Waals surface area contributed by atoms with E-state index in [0.717, 1.165) is 4.90 Å². The van der Waals surface area contributed by atoms with Gasteiger partial charge in [-0.3, -0.25) is 19.3 Å². The largest absolute Gasteiger partial charge is 0.399 e. The number of carbonyl (C=O) groups excluding carboxylic acids is 3. The summed E-state index contributed by atoms with van der Waals surface area (Å²) in [7, 11) is 3.14. The molecule has 1 aromatic rings. The van der Waals surface area contributed by atoms with Crippen LogP contribution in [-0.2, 0) is 4.79 Å². The number of anilines is 1. The van der Waals surface area contributed by atoms with Crippen molar-refractivity contribution in [2.75, 3.05) is 26.4 Å². The summed E-state index contributed by atoms with van der Waals surface area (Å²) in [4.78, 5) is 37.8. The average Bonchev–Trinajstić information content (AvgIpc) is 2.54. The van der Waals surface area contributed by atoms with Crippen LogP contribution in [0, 0.1) is 0 Å². The van der Waals surface area contributed by atoms with E-state index >= 15 is 0 Å². The number of hydrogen-bond donors (Lipinski definition) is 1. The first-order valence-electron chi connectivity index (χ1n) is 5.37. The number of likely N-dealkylation sites (N-methyl/N-ethyl adjacent to an activating group) is 1. The van der Waals surface area contributed by atoms with Crippen LogP contribution in [0.15, 0.2) is 18.2 Å². The van der Waals surface area contributed by atoms with Crippen molar-refractivity contribution in [2.24, 2.45) is 0 Å². The number of nitrogens with two attached hydrogens (primary N) is 1. The van der Waals surface area contributed by atoms with Crippen molar-refractivity contribution < 1.29 is 14.4 Å². The van der Waals surface area contributed by atoms with Crippen molar-refractivity contribution in [3.63, 3.8) is 0 Å². The number of nitrogens with zero attached hydrogens (tertiary/aromatic N) is 2. The summed E-state index contributed by atoms with van der Waals surface area (Å²) in [5.74, 6) is -1.24. The highest BCUT2D eigenvalue weighted by Crippen LogP contribution is 2.24. The minimum atomic E-state index is -0.475. The Hall–Kier alpha value is -2.37. The van der Waals surface area contributed by atoms with E-state index in [1.54, 1.807) is 20.2 Å². The molecule has 0 unspecified atom stereocenters. The maximum absolute atomic E-state index is 12.0. The van der Waals surface area contributed by atoms with Crippen molar-refractivity contribution in [3.8, 4) is 0 Å². The average molecular weight is 247 g/mol. The normalized spacial score (nSPS) is 13.8. The molecule has 0 aromatic heterocycles. The van der Waals surface area contributed by atoms with Gasteiger partial charge >= 0.3 is 0 Å². The second-order valence-electron chi connectivity index (χ2n) is 4.29. The molecule has 2 rings (SSSR count). The second-order valence-corrected chi connectivity index (χ2v) is 4.29. The highest BCUT2D eigenvalue weighted by atomic mass is 16.2. The van der Waals surface area contributed by atoms with Crippen molar-refractivity contribution >= 4 is 23.4 Å². The molecule has 0 spiro atoms. The van der Waals surface area contributed by atoms with Crippen LogP contribution in [0.5, 0.6) is 0 Å². The van der Waals surface area contributed by atoms with Gasteiger partial charge in [-0.05, 0) is 18.2 Å². The van der Waals surface area contributed by atoms with Crippen LogP contribution in [0.2, 0.25) is 0 Å². The van der Waals surface area contributed by atoms with E-state index in [1.165, 1.54) is 17.0 Å². The molecule has 0 bridgehead atoms. The molecule has 3 amide bonds. The highest BCUT2D eigenvalue weighted by molar-refractivity contribution is 6.22. The van der Waals surface area contributed by atoms with Crippen LogP contribution in [0.3, 0.4) is 0 Å². The van der Waals surface area contributed by atoms with E-state index in [2.05, 4.69) is 0 Å². The predicted molar refractivity (Wildman–Crippen MR) is 64.9 cm³/mol. The van der Waals surface area contributed by atoms with Crippen molar-refractivity contribution in [1.82, 2.24) is 9.80 Å². The van der Waals surface area contributed by atoms with E-state index in [0.29, 0.717) is 11.3 Å². The number of rotatable bonds is 2. The Balaban J connectivity index is 2.31. The van der Waals surface area contributed by atoms with E-state index in [9.17, 15) is 14.4 Å². The van der Waals surface area contributed by atoms with Crippen LogP contribution in [0.4, 0.5) is 5.69 Å². The minimum Gasteiger partial charge on any atom is -0.399 e. The Morgan fingerprint density at radius 3 is 2.44 bits per heavy atom. The van der Waals surface area contributed by atoms with Gasteiger partial charge in [0.2, 0.25) is 5.91 Å². The summed E-state index contributed by atoms with van der Waals surface area (Å²) in [6, 6.07) is 4.52. The van der Waals surface area contributed by atoms with Crippen LogP contribution < -0.4 is 5.73 Å². The van der Waals surface area contributed by atoms with Crippen LogP contribution in [-0.4, -0.2) is 48.2 Å². The maximum Gasteiger partial charge on any atom is 0.262 e. The van der Waals surface area contributed by atoms with Crippen molar-refractivity contribution in [2.45, 2.75) is 0 Å². The third-order valence-corrected chi connectivity index (χ3v) is 2.79. The molecular formula is C12H13N3O3. The number of amides is 3. The first-order valence-corrected chi connectivity index (χ1v) is 5.37. The van der Waals surface area contributed by atoms with E-state index < -0.39 is 11.8 Å². The lowest BCUT2D eigenvalue weighted by atomic mass is 10.1. The van der Waals surface area contributed by atoms with Gasteiger partial charge in [-0.1, -0.05) is 0 Å². The van der Waals surface area contributed by atoms with E-state index in [4.69, 9.17) is 5.73 Å². The lowest BCUT2D eigenvalue weighted by molar-refractivity contribution is -0.128. The van der Waals surface area contributed by atoms with Gasteiger partial charge in [-0.15, -0.1) is 0 Å². The van der Waals surface area contributed by atoms with Gasteiger partial charge in [0, 0.05) is 19.8 Å². The first kappa shape index (κ1) is 12.1. The molecule has 1 aliphatic rings. The molecule has 0 atom stereocenters. The topological polar surface area (TPSA) is 83.7 Å². The van der Waals surface area contributed by atoms with Gasteiger partial charge in [0.05, 0.1) is 11.1 Å². The number of hydrogen-bond acceptors (Lipinski definition) is 4. The maximum atomic E-state index is 12.0. The van der Waals surface area contributed by atoms with Crippen LogP contribution in [0.25, 0.3) is 0 Å². The smallest absolute Gasteiger partial charge is 0.262 e. The molecule has 1 aromatic carbocycles. The highest BCUT2D eigenvalue weighted by Gasteiger charge is 2.36. The summed E-state index contributed by atoms with van der Waals surface area (Å²) < 4.78 is 0. The molecule has 18 heavy (non-hydrogen) atoms. The monoisotopic (exact) mass is 247 g/mol. The van der Waals surface area contributed by atoms with Gasteiger partial charge in [0.25, 0.3) is 11.8 Å². The molecular weight excluding hydrogens is 234 g/mol. The lowest BCUT2D eigenvalue weighted by Gasteiger charge is -2.16. The zero-order valence-corrected chi connectivity index (χ0v) is 10.1. The fourth-order valence-corrected chi connectivity index (χ4v) is 1.73. The third kappa shape index (κ3) is 1.81. The first-order chi connectivity index (χ1) is 8.41. The van der Waals surface area contributed by atoms with Crippen molar-refractivity contribution in [3.05, 3.63) is 29.3 Å². The third-order valence-electron chi connectivity index (χ3n) is 2.79.